The van der Waals surface area contributed by atoms with E-state index in [1.807, 2.05) is 0 Å². The first-order valence-corrected chi connectivity index (χ1v) is 8.77. The fourth-order valence-electron chi connectivity index (χ4n) is 3.91. The Balaban J connectivity index is 2.18. The lowest BCUT2D eigenvalue weighted by Gasteiger charge is -2.38. The molecule has 1 aliphatic rings. The van der Waals surface area contributed by atoms with Crippen molar-refractivity contribution in [1.82, 2.24) is 5.32 Å². The van der Waals surface area contributed by atoms with Crippen LogP contribution in [0, 0.1) is 17.8 Å². The molecule has 1 heteroatoms. The van der Waals surface area contributed by atoms with Crippen LogP contribution in [0.5, 0.6) is 0 Å². The Hall–Kier alpha value is -0.820. The van der Waals surface area contributed by atoms with Gasteiger partial charge in [-0.3, -0.25) is 0 Å². The Bertz CT molecular complexity index is 418. The van der Waals surface area contributed by atoms with Crippen molar-refractivity contribution in [3.05, 3.63) is 35.4 Å². The van der Waals surface area contributed by atoms with Crippen molar-refractivity contribution in [2.45, 2.75) is 58.8 Å². The zero-order chi connectivity index (χ0) is 15.4. The van der Waals surface area contributed by atoms with Gasteiger partial charge >= 0.3 is 0 Å². The number of benzene rings is 1. The predicted octanol–water partition coefficient (Wildman–Crippen LogP) is 5.19. The van der Waals surface area contributed by atoms with Crippen molar-refractivity contribution >= 4 is 0 Å². The van der Waals surface area contributed by atoms with E-state index in [1.165, 1.54) is 24.8 Å². The lowest BCUT2D eigenvalue weighted by atomic mass is 9.68. The highest BCUT2D eigenvalue weighted by molar-refractivity contribution is 5.28. The predicted molar refractivity (Wildman–Crippen MR) is 92.9 cm³/mol. The van der Waals surface area contributed by atoms with Crippen molar-refractivity contribution in [3.8, 4) is 0 Å². The fraction of sp³-hybridized carbons (Fsp3) is 0.700. The number of hydrogen-bond donors (Lipinski definition) is 1. The molecule has 3 unspecified atom stereocenters. The van der Waals surface area contributed by atoms with Gasteiger partial charge < -0.3 is 5.32 Å². The highest BCUT2D eigenvalue weighted by atomic mass is 14.8. The Morgan fingerprint density at radius 1 is 1.05 bits per heavy atom. The molecule has 3 atom stereocenters. The maximum absolute atomic E-state index is 3.41. The lowest BCUT2D eigenvalue weighted by Crippen LogP contribution is -2.32. The summed E-state index contributed by atoms with van der Waals surface area (Å²) in [5.41, 5.74) is 3.02. The second kappa shape index (κ2) is 7.45. The summed E-state index contributed by atoms with van der Waals surface area (Å²) >= 11 is 0. The van der Waals surface area contributed by atoms with E-state index < -0.39 is 0 Å². The summed E-state index contributed by atoms with van der Waals surface area (Å²) in [7, 11) is 2.09. The van der Waals surface area contributed by atoms with Gasteiger partial charge in [0.05, 0.1) is 0 Å². The van der Waals surface area contributed by atoms with Gasteiger partial charge in [0.25, 0.3) is 0 Å². The topological polar surface area (TPSA) is 12.0 Å². The minimum atomic E-state index is 0.627. The van der Waals surface area contributed by atoms with Gasteiger partial charge in [0.15, 0.2) is 0 Å². The van der Waals surface area contributed by atoms with Crippen molar-refractivity contribution in [2.75, 3.05) is 13.6 Å². The molecule has 21 heavy (non-hydrogen) atoms. The third-order valence-corrected chi connectivity index (χ3v) is 5.47. The first-order chi connectivity index (χ1) is 10.0. The van der Waals surface area contributed by atoms with Crippen LogP contribution in [-0.2, 0) is 0 Å². The first-order valence-electron chi connectivity index (χ1n) is 8.77. The van der Waals surface area contributed by atoms with Gasteiger partial charge in [-0.15, -0.1) is 0 Å². The molecule has 0 heterocycles. The van der Waals surface area contributed by atoms with E-state index in [1.54, 1.807) is 5.56 Å². The van der Waals surface area contributed by atoms with E-state index in [-0.39, 0.29) is 0 Å². The van der Waals surface area contributed by atoms with E-state index in [2.05, 4.69) is 64.3 Å². The molecular formula is C20H33N. The molecule has 0 saturated heterocycles. The summed E-state index contributed by atoms with van der Waals surface area (Å²) in [6.45, 7) is 10.5. The van der Waals surface area contributed by atoms with E-state index in [9.17, 15) is 0 Å². The highest BCUT2D eigenvalue weighted by Gasteiger charge is 2.32. The maximum Gasteiger partial charge on any atom is -0.00177 e. The average molecular weight is 287 g/mol. The summed E-state index contributed by atoms with van der Waals surface area (Å²) in [4.78, 5) is 0. The van der Waals surface area contributed by atoms with Crippen molar-refractivity contribution < 1.29 is 0 Å². The van der Waals surface area contributed by atoms with E-state index in [0.29, 0.717) is 5.92 Å². The van der Waals surface area contributed by atoms with Gasteiger partial charge in [0.2, 0.25) is 0 Å². The van der Waals surface area contributed by atoms with E-state index >= 15 is 0 Å². The second-order valence-electron chi connectivity index (χ2n) is 7.56. The van der Waals surface area contributed by atoms with Crippen LogP contribution in [0.1, 0.15) is 69.9 Å². The van der Waals surface area contributed by atoms with Crippen molar-refractivity contribution in [2.24, 2.45) is 17.8 Å². The minimum Gasteiger partial charge on any atom is -0.319 e. The maximum atomic E-state index is 3.41. The Kier molecular flexibility index (Phi) is 5.87. The van der Waals surface area contributed by atoms with Crippen LogP contribution in [-0.4, -0.2) is 13.6 Å². The monoisotopic (exact) mass is 287 g/mol. The Labute approximate surface area is 131 Å². The molecule has 1 aliphatic carbocycles. The van der Waals surface area contributed by atoms with Gasteiger partial charge in [-0.05, 0) is 73.6 Å². The quantitative estimate of drug-likeness (QED) is 0.786. The van der Waals surface area contributed by atoms with E-state index in [0.717, 1.165) is 30.2 Å². The van der Waals surface area contributed by atoms with Gasteiger partial charge in [-0.2, -0.15) is 0 Å². The number of nitrogens with one attached hydrogen (secondary N) is 1. The molecule has 0 radical (unpaired) electrons. The normalized spacial score (nSPS) is 26.5. The molecule has 0 aromatic heterocycles. The van der Waals surface area contributed by atoms with Gasteiger partial charge in [0, 0.05) is 0 Å². The average Bonchev–Trinajstić information content (AvgIpc) is 2.48. The summed E-state index contributed by atoms with van der Waals surface area (Å²) in [5.74, 6) is 3.88. The van der Waals surface area contributed by atoms with Crippen LogP contribution >= 0.6 is 0 Å². The second-order valence-corrected chi connectivity index (χ2v) is 7.56. The van der Waals surface area contributed by atoms with Crippen molar-refractivity contribution in [1.29, 1.82) is 0 Å². The molecule has 1 nitrogen and oxygen atoms in total. The van der Waals surface area contributed by atoms with Gasteiger partial charge in [-0.1, -0.05) is 52.0 Å². The number of hydrogen-bond acceptors (Lipinski definition) is 1. The third kappa shape index (κ3) is 4.10. The molecule has 0 spiro atoms. The SMILES string of the molecule is CNCC1CCC(C(C)C)CC1c1ccc(C(C)C)cc1. The smallest absolute Gasteiger partial charge is 0.00177 e. The summed E-state index contributed by atoms with van der Waals surface area (Å²) in [5, 5.41) is 3.41. The molecule has 1 aromatic rings. The largest absolute Gasteiger partial charge is 0.319 e. The minimum absolute atomic E-state index is 0.627. The van der Waals surface area contributed by atoms with Crippen molar-refractivity contribution in [3.63, 3.8) is 0 Å². The summed E-state index contributed by atoms with van der Waals surface area (Å²) in [6, 6.07) is 9.47. The zero-order valence-corrected chi connectivity index (χ0v) is 14.5. The van der Waals surface area contributed by atoms with Crippen LogP contribution in [0.25, 0.3) is 0 Å². The molecule has 2 rings (SSSR count). The third-order valence-electron chi connectivity index (χ3n) is 5.47. The molecule has 0 aliphatic heterocycles. The van der Waals surface area contributed by atoms with Gasteiger partial charge in [-0.25, -0.2) is 0 Å². The fourth-order valence-corrected chi connectivity index (χ4v) is 3.91. The zero-order valence-electron chi connectivity index (χ0n) is 14.5. The molecule has 1 saturated carbocycles. The molecule has 1 N–H and O–H groups in total. The van der Waals surface area contributed by atoms with E-state index in [4.69, 9.17) is 0 Å². The molecule has 1 fully saturated rings. The van der Waals surface area contributed by atoms with Crippen LogP contribution in [0.3, 0.4) is 0 Å². The molecule has 0 bridgehead atoms. The van der Waals surface area contributed by atoms with Crippen LogP contribution in [0.2, 0.25) is 0 Å². The first kappa shape index (κ1) is 16.5. The Morgan fingerprint density at radius 3 is 2.24 bits per heavy atom. The summed E-state index contributed by atoms with van der Waals surface area (Å²) in [6.07, 6.45) is 4.15. The summed E-state index contributed by atoms with van der Waals surface area (Å²) < 4.78 is 0. The standard InChI is InChI=1S/C20H33N/c1-14(2)16-6-8-17(9-7-16)20-12-18(15(3)4)10-11-19(20)13-21-5/h6-9,14-15,18-21H,10-13H2,1-5H3. The lowest BCUT2D eigenvalue weighted by molar-refractivity contribution is 0.192. The number of rotatable bonds is 5. The highest BCUT2D eigenvalue weighted by Crippen LogP contribution is 2.43. The molecular weight excluding hydrogens is 254 g/mol. The Morgan fingerprint density at radius 2 is 1.71 bits per heavy atom. The molecule has 118 valence electrons. The molecule has 0 amide bonds. The molecule has 1 aromatic carbocycles. The van der Waals surface area contributed by atoms with Crippen LogP contribution in [0.4, 0.5) is 0 Å². The van der Waals surface area contributed by atoms with Crippen LogP contribution < -0.4 is 5.32 Å². The van der Waals surface area contributed by atoms with Crippen LogP contribution in [0.15, 0.2) is 24.3 Å². The van der Waals surface area contributed by atoms with Gasteiger partial charge in [0.1, 0.15) is 0 Å².